The molecule has 2 aromatic rings. The Balaban J connectivity index is 1.84. The van der Waals surface area contributed by atoms with E-state index in [1.807, 2.05) is 0 Å². The fourth-order valence-corrected chi connectivity index (χ4v) is 3.53. The molecule has 2 amide bonds. The van der Waals surface area contributed by atoms with Crippen LogP contribution in [0, 0.1) is 10.1 Å². The Hall–Kier alpha value is -3.53. The van der Waals surface area contributed by atoms with Crippen LogP contribution in [0.1, 0.15) is 11.1 Å². The number of ether oxygens (including phenoxy) is 2. The standard InChI is InChI=1S/C19H16N2O7S/c1-27-14-7-12(8-15(28-2)17(14)22)9-16-18(23)20(19(24)29-16)10-11-3-5-13(6-4-11)21(25)26/h3-9,22H,10H2,1-2H3/b16-9+. The number of nitro benzene ring substituents is 1. The molecule has 0 bridgehead atoms. The summed E-state index contributed by atoms with van der Waals surface area (Å²) in [6.07, 6.45) is 1.51. The Bertz CT molecular complexity index is 993. The number of aromatic hydroxyl groups is 1. The van der Waals surface area contributed by atoms with Crippen LogP contribution in [-0.2, 0) is 11.3 Å². The van der Waals surface area contributed by atoms with E-state index in [9.17, 15) is 24.8 Å². The summed E-state index contributed by atoms with van der Waals surface area (Å²) in [6, 6.07) is 8.67. The van der Waals surface area contributed by atoms with Crippen LogP contribution >= 0.6 is 11.8 Å². The number of hydrogen-bond donors (Lipinski definition) is 1. The first-order valence-corrected chi connectivity index (χ1v) is 9.09. The molecule has 150 valence electrons. The van der Waals surface area contributed by atoms with Crippen LogP contribution in [0.15, 0.2) is 41.3 Å². The molecule has 1 heterocycles. The summed E-state index contributed by atoms with van der Waals surface area (Å²) in [7, 11) is 2.77. The molecule has 0 saturated carbocycles. The van der Waals surface area contributed by atoms with Gasteiger partial charge in [0.05, 0.1) is 30.6 Å². The molecule has 1 saturated heterocycles. The number of benzene rings is 2. The zero-order valence-corrected chi connectivity index (χ0v) is 16.3. The number of nitro groups is 1. The van der Waals surface area contributed by atoms with Crippen LogP contribution in [0.4, 0.5) is 10.5 Å². The first-order valence-electron chi connectivity index (χ1n) is 8.27. The van der Waals surface area contributed by atoms with Crippen molar-refractivity contribution in [1.29, 1.82) is 0 Å². The van der Waals surface area contributed by atoms with Crippen molar-refractivity contribution in [2.75, 3.05) is 14.2 Å². The number of methoxy groups -OCH3 is 2. The third kappa shape index (κ3) is 4.16. The van der Waals surface area contributed by atoms with Gasteiger partial charge in [-0.05, 0) is 41.1 Å². The van der Waals surface area contributed by atoms with Gasteiger partial charge >= 0.3 is 0 Å². The van der Waals surface area contributed by atoms with Gasteiger partial charge in [-0.1, -0.05) is 12.1 Å². The van der Waals surface area contributed by atoms with Crippen LogP contribution < -0.4 is 9.47 Å². The molecule has 9 nitrogen and oxygen atoms in total. The van der Waals surface area contributed by atoms with E-state index in [-0.39, 0.29) is 34.4 Å². The van der Waals surface area contributed by atoms with Crippen molar-refractivity contribution < 1.29 is 29.1 Å². The van der Waals surface area contributed by atoms with E-state index in [4.69, 9.17) is 9.47 Å². The molecular formula is C19H16N2O7S. The van der Waals surface area contributed by atoms with Crippen LogP contribution in [-0.4, -0.2) is 40.3 Å². The van der Waals surface area contributed by atoms with Gasteiger partial charge in [0.1, 0.15) is 0 Å². The van der Waals surface area contributed by atoms with E-state index in [1.165, 1.54) is 56.7 Å². The maximum Gasteiger partial charge on any atom is 0.293 e. The smallest absolute Gasteiger partial charge is 0.293 e. The molecule has 1 aliphatic heterocycles. The lowest BCUT2D eigenvalue weighted by Gasteiger charge is -2.12. The second-order valence-corrected chi connectivity index (χ2v) is 6.96. The van der Waals surface area contributed by atoms with Crippen molar-refractivity contribution in [1.82, 2.24) is 4.90 Å². The number of phenolic OH excluding ortho intramolecular Hbond substituents is 1. The van der Waals surface area contributed by atoms with Crippen molar-refractivity contribution in [3.63, 3.8) is 0 Å². The second-order valence-electron chi connectivity index (χ2n) is 5.97. The number of phenols is 1. The normalized spacial score (nSPS) is 15.1. The predicted molar refractivity (Wildman–Crippen MR) is 106 cm³/mol. The number of carbonyl (C=O) groups excluding carboxylic acids is 2. The molecule has 0 unspecified atom stereocenters. The first-order chi connectivity index (χ1) is 13.8. The molecule has 1 N–H and O–H groups in total. The molecule has 2 aromatic carbocycles. The summed E-state index contributed by atoms with van der Waals surface area (Å²) in [5.41, 5.74) is 1.03. The topological polar surface area (TPSA) is 119 Å². The highest BCUT2D eigenvalue weighted by atomic mass is 32.2. The summed E-state index contributed by atoms with van der Waals surface area (Å²) < 4.78 is 10.2. The largest absolute Gasteiger partial charge is 0.502 e. The SMILES string of the molecule is COc1cc(/C=C2/SC(=O)N(Cc3ccc([N+](=O)[O-])cc3)C2=O)cc(OC)c1O. The summed E-state index contributed by atoms with van der Waals surface area (Å²) in [5.74, 6) is -0.316. The summed E-state index contributed by atoms with van der Waals surface area (Å²) >= 11 is 0.781. The van der Waals surface area contributed by atoms with Crippen LogP contribution in [0.5, 0.6) is 17.2 Å². The third-order valence-electron chi connectivity index (χ3n) is 4.16. The van der Waals surface area contributed by atoms with Crippen LogP contribution in [0.2, 0.25) is 0 Å². The molecule has 0 aromatic heterocycles. The summed E-state index contributed by atoms with van der Waals surface area (Å²) in [4.78, 5) is 36.4. The lowest BCUT2D eigenvalue weighted by Crippen LogP contribution is -2.27. The number of carbonyl (C=O) groups is 2. The molecule has 0 radical (unpaired) electrons. The van der Waals surface area contributed by atoms with Crippen LogP contribution in [0.25, 0.3) is 6.08 Å². The predicted octanol–water partition coefficient (Wildman–Crippen LogP) is 3.55. The van der Waals surface area contributed by atoms with Gasteiger partial charge in [0.15, 0.2) is 11.5 Å². The Morgan fingerprint density at radius 1 is 1.14 bits per heavy atom. The number of imide groups is 1. The monoisotopic (exact) mass is 416 g/mol. The number of thioether (sulfide) groups is 1. The zero-order valence-electron chi connectivity index (χ0n) is 15.4. The van der Waals surface area contributed by atoms with Gasteiger partial charge in [0.2, 0.25) is 5.75 Å². The minimum atomic E-state index is -0.521. The molecule has 0 spiro atoms. The van der Waals surface area contributed by atoms with E-state index >= 15 is 0 Å². The Kier molecular flexibility index (Phi) is 5.74. The highest BCUT2D eigenvalue weighted by molar-refractivity contribution is 8.18. The van der Waals surface area contributed by atoms with Gasteiger partial charge in [-0.2, -0.15) is 0 Å². The Labute approximate surface area is 169 Å². The minimum absolute atomic E-state index is 0.00220. The van der Waals surface area contributed by atoms with E-state index < -0.39 is 16.1 Å². The highest BCUT2D eigenvalue weighted by Crippen LogP contribution is 2.39. The third-order valence-corrected chi connectivity index (χ3v) is 5.07. The van der Waals surface area contributed by atoms with Gasteiger partial charge in [0.25, 0.3) is 16.8 Å². The maximum absolute atomic E-state index is 12.7. The van der Waals surface area contributed by atoms with E-state index in [0.717, 1.165) is 16.7 Å². The number of hydrogen-bond acceptors (Lipinski definition) is 8. The number of nitrogens with zero attached hydrogens (tertiary/aromatic N) is 2. The molecule has 3 rings (SSSR count). The summed E-state index contributed by atoms with van der Waals surface area (Å²) in [5, 5.41) is 20.3. The molecule has 1 fully saturated rings. The van der Waals surface area contributed by atoms with E-state index in [1.54, 1.807) is 0 Å². The van der Waals surface area contributed by atoms with Gasteiger partial charge in [-0.15, -0.1) is 0 Å². The van der Waals surface area contributed by atoms with Crippen molar-refractivity contribution >= 4 is 34.7 Å². The second kappa shape index (κ2) is 8.23. The average molecular weight is 416 g/mol. The maximum atomic E-state index is 12.7. The Morgan fingerprint density at radius 2 is 1.72 bits per heavy atom. The highest BCUT2D eigenvalue weighted by Gasteiger charge is 2.35. The fourth-order valence-electron chi connectivity index (χ4n) is 2.69. The zero-order chi connectivity index (χ0) is 21.1. The molecule has 29 heavy (non-hydrogen) atoms. The quantitative estimate of drug-likeness (QED) is 0.431. The minimum Gasteiger partial charge on any atom is -0.502 e. The lowest BCUT2D eigenvalue weighted by atomic mass is 10.1. The summed E-state index contributed by atoms with van der Waals surface area (Å²) in [6.45, 7) is 0.00220. The van der Waals surface area contributed by atoms with Crippen molar-refractivity contribution in [2.45, 2.75) is 6.54 Å². The molecular weight excluding hydrogens is 400 g/mol. The average Bonchev–Trinajstić information content (AvgIpc) is 2.96. The van der Waals surface area contributed by atoms with Crippen molar-refractivity contribution in [2.24, 2.45) is 0 Å². The fraction of sp³-hybridized carbons (Fsp3) is 0.158. The van der Waals surface area contributed by atoms with Crippen molar-refractivity contribution in [3.8, 4) is 17.2 Å². The first kappa shape index (κ1) is 20.2. The van der Waals surface area contributed by atoms with E-state index in [2.05, 4.69) is 0 Å². The van der Waals surface area contributed by atoms with E-state index in [0.29, 0.717) is 11.1 Å². The van der Waals surface area contributed by atoms with Gasteiger partial charge in [-0.3, -0.25) is 24.6 Å². The number of non-ortho nitro benzene ring substituents is 1. The molecule has 0 aliphatic carbocycles. The van der Waals surface area contributed by atoms with Crippen molar-refractivity contribution in [3.05, 3.63) is 62.5 Å². The van der Waals surface area contributed by atoms with Gasteiger partial charge in [0, 0.05) is 12.1 Å². The van der Waals surface area contributed by atoms with Crippen LogP contribution in [0.3, 0.4) is 0 Å². The van der Waals surface area contributed by atoms with Gasteiger partial charge < -0.3 is 14.6 Å². The lowest BCUT2D eigenvalue weighted by molar-refractivity contribution is -0.384. The Morgan fingerprint density at radius 3 is 2.24 bits per heavy atom. The number of rotatable bonds is 6. The molecule has 1 aliphatic rings. The molecule has 0 atom stereocenters. The molecule has 10 heteroatoms. The van der Waals surface area contributed by atoms with Gasteiger partial charge in [-0.25, -0.2) is 0 Å². The number of amides is 2.